The first-order chi connectivity index (χ1) is 12.9. The van der Waals surface area contributed by atoms with Gasteiger partial charge >= 0.3 is 6.16 Å². The Labute approximate surface area is 158 Å². The fourth-order valence-corrected chi connectivity index (χ4v) is 3.07. The van der Waals surface area contributed by atoms with Gasteiger partial charge in [0.05, 0.1) is 18.3 Å². The number of carboxylic acid groups (broad SMARTS) is 1. The lowest BCUT2D eigenvalue weighted by Crippen LogP contribution is -2.17. The van der Waals surface area contributed by atoms with Gasteiger partial charge in [-0.1, -0.05) is 17.7 Å². The van der Waals surface area contributed by atoms with E-state index in [0.29, 0.717) is 21.7 Å². The third kappa shape index (κ3) is 4.10. The molecule has 0 aliphatic rings. The number of ether oxygens (including phenoxy) is 1. The standard InChI is InChI=1S/C19H15ClFNO5/c20-15-3-2-13(21)9-12(15)7-11-1-4-16-14(8-11)18(24)17(27-19(25)26)10-22(16)5-6-23/h1-4,8-10,23H,5-7H2,(H,25,26). The predicted octanol–water partition coefficient (Wildman–Crippen LogP) is 3.43. The van der Waals surface area contributed by atoms with E-state index < -0.39 is 17.4 Å². The lowest BCUT2D eigenvalue weighted by atomic mass is 10.0. The normalized spacial score (nSPS) is 10.9. The van der Waals surface area contributed by atoms with E-state index in [1.807, 2.05) is 0 Å². The molecule has 0 saturated carbocycles. The average molecular weight is 392 g/mol. The molecule has 0 amide bonds. The van der Waals surface area contributed by atoms with Crippen molar-refractivity contribution in [1.29, 1.82) is 0 Å². The molecule has 27 heavy (non-hydrogen) atoms. The van der Waals surface area contributed by atoms with Gasteiger partial charge in [-0.2, -0.15) is 0 Å². The first kappa shape index (κ1) is 18.9. The molecule has 0 atom stereocenters. The number of carbonyl (C=O) groups is 1. The van der Waals surface area contributed by atoms with Crippen LogP contribution in [0.1, 0.15) is 11.1 Å². The van der Waals surface area contributed by atoms with Crippen molar-refractivity contribution in [3.8, 4) is 5.75 Å². The minimum Gasteiger partial charge on any atom is -0.449 e. The van der Waals surface area contributed by atoms with Crippen molar-refractivity contribution in [2.45, 2.75) is 13.0 Å². The molecule has 0 spiro atoms. The zero-order chi connectivity index (χ0) is 19.6. The number of aliphatic hydroxyl groups is 1. The minimum atomic E-state index is -1.61. The second-order valence-electron chi connectivity index (χ2n) is 5.87. The van der Waals surface area contributed by atoms with E-state index in [2.05, 4.69) is 4.74 Å². The Kier molecular flexibility index (Phi) is 5.43. The molecule has 0 fully saturated rings. The second-order valence-corrected chi connectivity index (χ2v) is 6.28. The van der Waals surface area contributed by atoms with Gasteiger partial charge in [-0.3, -0.25) is 4.79 Å². The molecule has 0 bridgehead atoms. The number of hydrogen-bond acceptors (Lipinski definition) is 4. The van der Waals surface area contributed by atoms with Crippen LogP contribution < -0.4 is 10.2 Å². The smallest absolute Gasteiger partial charge is 0.449 e. The number of hydrogen-bond donors (Lipinski definition) is 2. The van der Waals surface area contributed by atoms with Crippen LogP contribution in [0.3, 0.4) is 0 Å². The maximum absolute atomic E-state index is 13.5. The number of pyridine rings is 1. The Bertz CT molecular complexity index is 1080. The summed E-state index contributed by atoms with van der Waals surface area (Å²) >= 11 is 6.10. The van der Waals surface area contributed by atoms with Crippen LogP contribution in [0.25, 0.3) is 10.9 Å². The third-order valence-electron chi connectivity index (χ3n) is 4.05. The molecular weight excluding hydrogens is 377 g/mol. The van der Waals surface area contributed by atoms with Crippen LogP contribution in [0.5, 0.6) is 5.75 Å². The Balaban J connectivity index is 2.12. The van der Waals surface area contributed by atoms with Gasteiger partial charge in [0.15, 0.2) is 5.75 Å². The van der Waals surface area contributed by atoms with Gasteiger partial charge in [-0.15, -0.1) is 0 Å². The number of aliphatic hydroxyl groups excluding tert-OH is 1. The van der Waals surface area contributed by atoms with Gasteiger partial charge in [0.1, 0.15) is 5.82 Å². The Morgan fingerprint density at radius 1 is 1.22 bits per heavy atom. The molecule has 0 radical (unpaired) electrons. The maximum Gasteiger partial charge on any atom is 0.511 e. The number of nitrogens with zero attached hydrogens (tertiary/aromatic N) is 1. The molecule has 140 valence electrons. The molecule has 0 unspecified atom stereocenters. The van der Waals surface area contributed by atoms with Gasteiger partial charge in [-0.25, -0.2) is 9.18 Å². The fourth-order valence-electron chi connectivity index (χ4n) is 2.89. The third-order valence-corrected chi connectivity index (χ3v) is 4.42. The highest BCUT2D eigenvalue weighted by Crippen LogP contribution is 2.23. The van der Waals surface area contributed by atoms with Gasteiger partial charge in [0.2, 0.25) is 5.43 Å². The summed E-state index contributed by atoms with van der Waals surface area (Å²) in [5.74, 6) is -0.776. The first-order valence-electron chi connectivity index (χ1n) is 8.00. The van der Waals surface area contributed by atoms with Gasteiger partial charge in [0.25, 0.3) is 0 Å². The molecule has 2 N–H and O–H groups in total. The SMILES string of the molecule is O=C(O)Oc1cn(CCO)c2ccc(Cc3cc(F)ccc3Cl)cc2c1=O. The van der Waals surface area contributed by atoms with E-state index in [1.165, 1.54) is 29.0 Å². The molecule has 1 aromatic heterocycles. The van der Waals surface area contributed by atoms with E-state index in [0.717, 1.165) is 0 Å². The molecule has 3 aromatic rings. The number of rotatable bonds is 5. The molecule has 1 heterocycles. The van der Waals surface area contributed by atoms with Crippen LogP contribution in [0, 0.1) is 5.82 Å². The molecule has 0 aliphatic heterocycles. The number of benzene rings is 2. The maximum atomic E-state index is 13.5. The van der Waals surface area contributed by atoms with Crippen molar-refractivity contribution >= 4 is 28.7 Å². The van der Waals surface area contributed by atoms with Crippen molar-refractivity contribution in [3.05, 3.63) is 74.8 Å². The largest absolute Gasteiger partial charge is 0.511 e. The summed E-state index contributed by atoms with van der Waals surface area (Å²) in [5, 5.41) is 18.7. The highest BCUT2D eigenvalue weighted by Gasteiger charge is 2.14. The lowest BCUT2D eigenvalue weighted by Gasteiger charge is -2.13. The quantitative estimate of drug-likeness (QED) is 0.650. The van der Waals surface area contributed by atoms with Gasteiger partial charge in [0, 0.05) is 17.0 Å². The molecule has 8 heteroatoms. The minimum absolute atomic E-state index is 0.155. The van der Waals surface area contributed by atoms with Crippen molar-refractivity contribution in [1.82, 2.24) is 4.57 Å². The molecule has 0 saturated heterocycles. The van der Waals surface area contributed by atoms with Gasteiger partial charge in [-0.05, 0) is 47.9 Å². The molecule has 6 nitrogen and oxygen atoms in total. The van der Waals surface area contributed by atoms with E-state index in [1.54, 1.807) is 18.2 Å². The molecule has 3 rings (SSSR count). The van der Waals surface area contributed by atoms with E-state index >= 15 is 0 Å². The molecule has 0 aliphatic carbocycles. The van der Waals surface area contributed by atoms with Crippen LogP contribution in [0.15, 0.2) is 47.4 Å². The van der Waals surface area contributed by atoms with Crippen molar-refractivity contribution < 1.29 is 24.1 Å². The van der Waals surface area contributed by atoms with Crippen LogP contribution >= 0.6 is 11.6 Å². The number of aromatic nitrogens is 1. The summed E-state index contributed by atoms with van der Waals surface area (Å²) < 4.78 is 19.6. The summed E-state index contributed by atoms with van der Waals surface area (Å²) in [6.07, 6.45) is -0.0709. The second kappa shape index (κ2) is 7.77. The van der Waals surface area contributed by atoms with E-state index in [-0.39, 0.29) is 30.7 Å². The number of halogens is 2. The molecule has 2 aromatic carbocycles. The van der Waals surface area contributed by atoms with Crippen molar-refractivity contribution in [2.75, 3.05) is 6.61 Å². The first-order valence-corrected chi connectivity index (χ1v) is 8.38. The summed E-state index contributed by atoms with van der Waals surface area (Å²) in [6.45, 7) is -0.0486. The monoisotopic (exact) mass is 391 g/mol. The van der Waals surface area contributed by atoms with Gasteiger partial charge < -0.3 is 19.5 Å². The van der Waals surface area contributed by atoms with Crippen LogP contribution in [0.4, 0.5) is 9.18 Å². The zero-order valence-corrected chi connectivity index (χ0v) is 14.7. The summed E-state index contributed by atoms with van der Waals surface area (Å²) in [6, 6.07) is 9.06. The fraction of sp³-hybridized carbons (Fsp3) is 0.158. The van der Waals surface area contributed by atoms with Crippen LogP contribution in [0.2, 0.25) is 5.02 Å². The Morgan fingerprint density at radius 2 is 2.00 bits per heavy atom. The zero-order valence-electron chi connectivity index (χ0n) is 14.0. The summed E-state index contributed by atoms with van der Waals surface area (Å²) in [5.41, 5.74) is 1.18. The highest BCUT2D eigenvalue weighted by molar-refractivity contribution is 6.31. The van der Waals surface area contributed by atoms with Crippen molar-refractivity contribution in [3.63, 3.8) is 0 Å². The summed E-state index contributed by atoms with van der Waals surface area (Å²) in [4.78, 5) is 23.4. The van der Waals surface area contributed by atoms with Crippen LogP contribution in [-0.4, -0.2) is 27.5 Å². The predicted molar refractivity (Wildman–Crippen MR) is 98.2 cm³/mol. The lowest BCUT2D eigenvalue weighted by molar-refractivity contribution is 0.143. The topological polar surface area (TPSA) is 88.8 Å². The highest BCUT2D eigenvalue weighted by atomic mass is 35.5. The Morgan fingerprint density at radius 3 is 2.70 bits per heavy atom. The Hall–Kier alpha value is -2.90. The van der Waals surface area contributed by atoms with E-state index in [9.17, 15) is 19.1 Å². The summed E-state index contributed by atoms with van der Waals surface area (Å²) in [7, 11) is 0. The van der Waals surface area contributed by atoms with Crippen molar-refractivity contribution in [2.24, 2.45) is 0 Å². The molecular formula is C19H15ClFNO5. The van der Waals surface area contributed by atoms with E-state index in [4.69, 9.17) is 16.7 Å². The number of fused-ring (bicyclic) bond motifs is 1. The average Bonchev–Trinajstić information content (AvgIpc) is 2.62. The van der Waals surface area contributed by atoms with Crippen LogP contribution in [-0.2, 0) is 13.0 Å².